The molecule has 1 aromatic carbocycles. The van der Waals surface area contributed by atoms with Crippen LogP contribution in [0, 0.1) is 12.8 Å². The second-order valence-corrected chi connectivity index (χ2v) is 11.6. The Kier molecular flexibility index (Phi) is 4.79. The van der Waals surface area contributed by atoms with Gasteiger partial charge in [0.05, 0.1) is 21.7 Å². The lowest BCUT2D eigenvalue weighted by molar-refractivity contribution is 0.151. The standard InChI is InChI=1S/C17H25NO4S2/c1-13-3-5-15(6-4-13)24(21,22)17-12-23(19,20)11-16(17)18-9-7-14(2)8-10-18/h3-6,14,16-17H,7-12H2,1-2H3/t16-,17-/m1/s1. The molecule has 2 atom stereocenters. The van der Waals surface area contributed by atoms with Crippen LogP contribution in [0.25, 0.3) is 0 Å². The van der Waals surface area contributed by atoms with Gasteiger partial charge in [-0.05, 0) is 50.9 Å². The molecule has 0 aliphatic carbocycles. The van der Waals surface area contributed by atoms with Crippen LogP contribution >= 0.6 is 0 Å². The van der Waals surface area contributed by atoms with Gasteiger partial charge in [0.2, 0.25) is 0 Å². The number of hydrogen-bond donors (Lipinski definition) is 0. The van der Waals surface area contributed by atoms with Crippen LogP contribution in [0.15, 0.2) is 29.2 Å². The molecule has 2 aliphatic rings. The molecule has 0 amide bonds. The van der Waals surface area contributed by atoms with Gasteiger partial charge in [0, 0.05) is 6.04 Å². The minimum Gasteiger partial charge on any atom is -0.298 e. The van der Waals surface area contributed by atoms with Crippen molar-refractivity contribution in [2.24, 2.45) is 5.92 Å². The third kappa shape index (κ3) is 3.53. The summed E-state index contributed by atoms with van der Waals surface area (Å²) >= 11 is 0. The molecule has 24 heavy (non-hydrogen) atoms. The molecule has 0 N–H and O–H groups in total. The molecule has 0 aromatic heterocycles. The zero-order valence-corrected chi connectivity index (χ0v) is 15.8. The van der Waals surface area contributed by atoms with Crippen LogP contribution in [-0.4, -0.2) is 57.6 Å². The molecule has 0 radical (unpaired) electrons. The summed E-state index contributed by atoms with van der Waals surface area (Å²) in [6, 6.07) is 6.27. The molecule has 0 bridgehead atoms. The first kappa shape index (κ1) is 17.9. The molecule has 2 heterocycles. The van der Waals surface area contributed by atoms with Crippen molar-refractivity contribution >= 4 is 19.7 Å². The van der Waals surface area contributed by atoms with Gasteiger partial charge in [-0.25, -0.2) is 16.8 Å². The predicted molar refractivity (Wildman–Crippen MR) is 94.6 cm³/mol. The smallest absolute Gasteiger partial charge is 0.183 e. The van der Waals surface area contributed by atoms with Crippen molar-refractivity contribution in [3.8, 4) is 0 Å². The normalized spacial score (nSPS) is 28.9. The highest BCUT2D eigenvalue weighted by Crippen LogP contribution is 2.31. The molecular weight excluding hydrogens is 346 g/mol. The van der Waals surface area contributed by atoms with Gasteiger partial charge in [0.15, 0.2) is 19.7 Å². The maximum Gasteiger partial charge on any atom is 0.183 e. The number of sulfone groups is 2. The van der Waals surface area contributed by atoms with Crippen LogP contribution in [0.1, 0.15) is 25.3 Å². The average Bonchev–Trinajstić information content (AvgIpc) is 2.85. The van der Waals surface area contributed by atoms with E-state index in [1.807, 2.05) is 6.92 Å². The number of piperidine rings is 1. The van der Waals surface area contributed by atoms with E-state index >= 15 is 0 Å². The Morgan fingerprint density at radius 1 is 1.04 bits per heavy atom. The number of benzene rings is 1. The van der Waals surface area contributed by atoms with E-state index in [1.54, 1.807) is 24.3 Å². The van der Waals surface area contributed by atoms with Crippen LogP contribution in [0.3, 0.4) is 0 Å². The van der Waals surface area contributed by atoms with Gasteiger partial charge >= 0.3 is 0 Å². The van der Waals surface area contributed by atoms with Crippen molar-refractivity contribution in [1.82, 2.24) is 4.90 Å². The lowest BCUT2D eigenvalue weighted by Crippen LogP contribution is -2.49. The molecule has 134 valence electrons. The van der Waals surface area contributed by atoms with E-state index in [0.717, 1.165) is 31.5 Å². The molecule has 3 rings (SSSR count). The average molecular weight is 372 g/mol. The van der Waals surface area contributed by atoms with E-state index in [2.05, 4.69) is 11.8 Å². The fourth-order valence-electron chi connectivity index (χ4n) is 3.70. The second-order valence-electron chi connectivity index (χ2n) is 7.26. The summed E-state index contributed by atoms with van der Waals surface area (Å²) in [4.78, 5) is 2.31. The highest BCUT2D eigenvalue weighted by Gasteiger charge is 2.48. The quantitative estimate of drug-likeness (QED) is 0.808. The van der Waals surface area contributed by atoms with Gasteiger partial charge in [-0.2, -0.15) is 0 Å². The molecule has 0 saturated carbocycles. The second kappa shape index (κ2) is 6.42. The van der Waals surface area contributed by atoms with E-state index in [0.29, 0.717) is 5.92 Å². The summed E-state index contributed by atoms with van der Waals surface area (Å²) in [7, 11) is -6.99. The molecule has 7 heteroatoms. The third-order valence-electron chi connectivity index (χ3n) is 5.31. The summed E-state index contributed by atoms with van der Waals surface area (Å²) < 4.78 is 50.5. The number of aryl methyl sites for hydroxylation is 1. The SMILES string of the molecule is Cc1ccc(S(=O)(=O)[C@@H]2CS(=O)(=O)C[C@H]2N2CCC(C)CC2)cc1. The largest absolute Gasteiger partial charge is 0.298 e. The van der Waals surface area contributed by atoms with Crippen LogP contribution in [-0.2, 0) is 19.7 Å². The van der Waals surface area contributed by atoms with E-state index in [1.165, 1.54) is 0 Å². The summed E-state index contributed by atoms with van der Waals surface area (Å²) in [6.45, 7) is 5.64. The third-order valence-corrected chi connectivity index (χ3v) is 9.44. The van der Waals surface area contributed by atoms with Crippen LogP contribution in [0.5, 0.6) is 0 Å². The number of hydrogen-bond acceptors (Lipinski definition) is 5. The Bertz CT molecular complexity index is 791. The Labute approximate surface area is 144 Å². The zero-order chi connectivity index (χ0) is 17.5. The first-order valence-corrected chi connectivity index (χ1v) is 11.8. The van der Waals surface area contributed by atoms with Gasteiger partial charge in [-0.3, -0.25) is 4.90 Å². The lowest BCUT2D eigenvalue weighted by Gasteiger charge is -2.36. The number of rotatable bonds is 3. The van der Waals surface area contributed by atoms with E-state index in [4.69, 9.17) is 0 Å². The first-order chi connectivity index (χ1) is 11.2. The molecule has 2 aliphatic heterocycles. The fourth-order valence-corrected chi connectivity index (χ4v) is 8.53. The van der Waals surface area contributed by atoms with Gasteiger partial charge in [-0.1, -0.05) is 24.6 Å². The van der Waals surface area contributed by atoms with E-state index < -0.39 is 31.0 Å². The van der Waals surface area contributed by atoms with Crippen molar-refractivity contribution < 1.29 is 16.8 Å². The van der Waals surface area contributed by atoms with Gasteiger partial charge < -0.3 is 0 Å². The van der Waals surface area contributed by atoms with Gasteiger partial charge in [0.1, 0.15) is 0 Å². The fraction of sp³-hybridized carbons (Fsp3) is 0.647. The first-order valence-electron chi connectivity index (χ1n) is 8.44. The van der Waals surface area contributed by atoms with Crippen molar-refractivity contribution in [2.75, 3.05) is 24.6 Å². The predicted octanol–water partition coefficient (Wildman–Crippen LogP) is 1.67. The molecule has 2 saturated heterocycles. The Morgan fingerprint density at radius 3 is 2.21 bits per heavy atom. The maximum atomic E-state index is 13.1. The Hall–Kier alpha value is -0.920. The molecule has 2 fully saturated rings. The summed E-state index contributed by atoms with van der Waals surface area (Å²) in [5.74, 6) is 0.309. The summed E-state index contributed by atoms with van der Waals surface area (Å²) in [5.41, 5.74) is 0.981. The highest BCUT2D eigenvalue weighted by molar-refractivity contribution is 7.96. The van der Waals surface area contributed by atoms with Crippen molar-refractivity contribution in [3.05, 3.63) is 29.8 Å². The van der Waals surface area contributed by atoms with E-state index in [9.17, 15) is 16.8 Å². The minimum absolute atomic E-state index is 0.0445. The Balaban J connectivity index is 1.92. The minimum atomic E-state index is -3.66. The van der Waals surface area contributed by atoms with Gasteiger partial charge in [0.25, 0.3) is 0 Å². The van der Waals surface area contributed by atoms with E-state index in [-0.39, 0.29) is 16.4 Å². The molecule has 5 nitrogen and oxygen atoms in total. The number of nitrogens with zero attached hydrogens (tertiary/aromatic N) is 1. The number of likely N-dealkylation sites (tertiary alicyclic amines) is 1. The maximum absolute atomic E-state index is 13.1. The molecule has 0 spiro atoms. The topological polar surface area (TPSA) is 71.5 Å². The summed E-state index contributed by atoms with van der Waals surface area (Å²) in [5, 5.41) is -0.862. The van der Waals surface area contributed by atoms with Gasteiger partial charge in [-0.15, -0.1) is 0 Å². The van der Waals surface area contributed by atoms with Crippen LogP contribution in [0.2, 0.25) is 0 Å². The molecule has 0 unspecified atom stereocenters. The molecular formula is C17H25NO4S2. The van der Waals surface area contributed by atoms with Crippen LogP contribution in [0.4, 0.5) is 0 Å². The van der Waals surface area contributed by atoms with Crippen molar-refractivity contribution in [1.29, 1.82) is 0 Å². The monoisotopic (exact) mass is 371 g/mol. The van der Waals surface area contributed by atoms with Crippen molar-refractivity contribution in [3.63, 3.8) is 0 Å². The Morgan fingerprint density at radius 2 is 1.62 bits per heavy atom. The highest BCUT2D eigenvalue weighted by atomic mass is 32.2. The lowest BCUT2D eigenvalue weighted by atomic mass is 9.98. The zero-order valence-electron chi connectivity index (χ0n) is 14.2. The van der Waals surface area contributed by atoms with Crippen LogP contribution < -0.4 is 0 Å². The molecule has 1 aromatic rings. The van der Waals surface area contributed by atoms with Crippen molar-refractivity contribution in [2.45, 2.75) is 42.9 Å². The summed E-state index contributed by atoms with van der Waals surface area (Å²) in [6.07, 6.45) is 1.99.